The third-order valence-electron chi connectivity index (χ3n) is 11.2. The van der Waals surface area contributed by atoms with Gasteiger partial charge in [0.1, 0.15) is 19.3 Å². The molecule has 0 fully saturated rings. The summed E-state index contributed by atoms with van der Waals surface area (Å²) in [5, 5.41) is 0. The minimum Gasteiger partial charge on any atom is -0.756 e. The number of unbranched alkanes of at least 4 members (excludes halogenated alkanes) is 30. The maximum Gasteiger partial charge on any atom is 0.306 e. The summed E-state index contributed by atoms with van der Waals surface area (Å²) in [6, 6.07) is 0. The molecule has 0 aliphatic carbocycles. The summed E-state index contributed by atoms with van der Waals surface area (Å²) in [7, 11) is 1.36. The van der Waals surface area contributed by atoms with Crippen LogP contribution in [-0.4, -0.2) is 70.7 Å². The summed E-state index contributed by atoms with van der Waals surface area (Å²) in [6.07, 6.45) is 52.0. The highest BCUT2D eigenvalue weighted by Gasteiger charge is 2.20. The van der Waals surface area contributed by atoms with Crippen molar-refractivity contribution in [1.82, 2.24) is 0 Å². The van der Waals surface area contributed by atoms with Crippen LogP contribution in [0.3, 0.4) is 0 Å². The molecule has 0 aliphatic rings. The van der Waals surface area contributed by atoms with Crippen LogP contribution in [0.4, 0.5) is 0 Å². The molecule has 0 aromatic rings. The number of hydrogen-bond donors (Lipinski definition) is 0. The summed E-state index contributed by atoms with van der Waals surface area (Å²) in [6.45, 7) is 5.43. The van der Waals surface area contributed by atoms with E-state index in [2.05, 4.69) is 38.2 Å². The van der Waals surface area contributed by atoms with Gasteiger partial charge in [-0.3, -0.25) is 9.36 Å². The maximum absolute atomic E-state index is 12.7. The molecule has 60 heavy (non-hydrogen) atoms. The van der Waals surface area contributed by atoms with Gasteiger partial charge in [-0.05, 0) is 64.2 Å². The molecule has 0 bridgehead atoms. The summed E-state index contributed by atoms with van der Waals surface area (Å²) in [5.41, 5.74) is 0. The van der Waals surface area contributed by atoms with Gasteiger partial charge < -0.3 is 27.9 Å². The predicted octanol–water partition coefficient (Wildman–Crippen LogP) is 14.9. The lowest BCUT2D eigenvalue weighted by Gasteiger charge is -2.28. The van der Waals surface area contributed by atoms with Crippen LogP contribution in [-0.2, 0) is 27.9 Å². The summed E-state index contributed by atoms with van der Waals surface area (Å²) >= 11 is 0. The van der Waals surface area contributed by atoms with Gasteiger partial charge in [-0.15, -0.1) is 0 Å². The first-order chi connectivity index (χ1) is 29.1. The Balaban J connectivity index is 4.10. The van der Waals surface area contributed by atoms with Gasteiger partial charge >= 0.3 is 5.97 Å². The monoisotopic (exact) mass is 870 g/mol. The number of hydrogen-bond acceptors (Lipinski definition) is 7. The van der Waals surface area contributed by atoms with Crippen molar-refractivity contribution in [1.29, 1.82) is 0 Å². The molecule has 0 aromatic carbocycles. The van der Waals surface area contributed by atoms with Gasteiger partial charge in [0.2, 0.25) is 0 Å². The van der Waals surface area contributed by atoms with Gasteiger partial charge in [-0.1, -0.05) is 192 Å². The van der Waals surface area contributed by atoms with Gasteiger partial charge in [0, 0.05) is 13.0 Å². The Morgan fingerprint density at radius 2 is 0.867 bits per heavy atom. The van der Waals surface area contributed by atoms with Crippen molar-refractivity contribution in [3.63, 3.8) is 0 Å². The van der Waals surface area contributed by atoms with E-state index in [9.17, 15) is 14.3 Å². The molecule has 356 valence electrons. The number of allylic oxidation sites excluding steroid dienone is 4. The first-order valence-corrected chi connectivity index (χ1v) is 27.0. The van der Waals surface area contributed by atoms with Crippen LogP contribution in [0, 0.1) is 0 Å². The number of nitrogens with zero attached hydrogens (tertiary/aromatic N) is 1. The first-order valence-electron chi connectivity index (χ1n) is 25.6. The number of carbonyl (C=O) groups is 1. The quantitative estimate of drug-likeness (QED) is 0.0198. The SMILES string of the molecule is CCCCCCC/C=C\CCCCCCCCOCC(COP(=O)([O-])OCC[N+](C)(C)C)OC(=O)CCCCCCCCCCCCC/C=C\CCCCCCCCCC. The average Bonchev–Trinajstić information content (AvgIpc) is 3.20. The largest absolute Gasteiger partial charge is 0.756 e. The van der Waals surface area contributed by atoms with E-state index in [1.165, 1.54) is 186 Å². The molecule has 0 saturated heterocycles. The summed E-state index contributed by atoms with van der Waals surface area (Å²) in [5.74, 6) is -0.334. The molecule has 0 aromatic heterocycles. The molecular weight excluding hydrogens is 770 g/mol. The van der Waals surface area contributed by atoms with Crippen LogP contribution in [0.2, 0.25) is 0 Å². The fourth-order valence-electron chi connectivity index (χ4n) is 7.24. The number of quaternary nitrogens is 1. The third kappa shape index (κ3) is 48.0. The third-order valence-corrected chi connectivity index (χ3v) is 12.2. The number of carbonyl (C=O) groups excluding carboxylic acids is 1. The van der Waals surface area contributed by atoms with E-state index in [1.807, 2.05) is 21.1 Å². The van der Waals surface area contributed by atoms with Crippen molar-refractivity contribution >= 4 is 13.8 Å². The van der Waals surface area contributed by atoms with Gasteiger partial charge in [-0.2, -0.15) is 0 Å². The standard InChI is InChI=1S/C51H100NO7P/c1-6-8-10-12-14-16-18-20-22-23-24-25-26-27-28-29-30-32-34-36-38-40-42-44-51(53)59-50(49-58-60(54,55)57-47-45-52(3,4)5)48-56-46-43-41-39-37-35-33-31-21-19-17-15-13-11-9-7-2/h19,21,23-24,50H,6-18,20,22,25-49H2,1-5H3/b21-19-,24-23-. The highest BCUT2D eigenvalue weighted by atomic mass is 31.2. The van der Waals surface area contributed by atoms with E-state index in [0.717, 1.165) is 32.1 Å². The van der Waals surface area contributed by atoms with Gasteiger partial charge in [0.25, 0.3) is 7.82 Å². The zero-order valence-corrected chi connectivity index (χ0v) is 41.3. The Bertz CT molecular complexity index is 1010. The number of esters is 1. The van der Waals surface area contributed by atoms with Crippen molar-refractivity contribution in [3.8, 4) is 0 Å². The van der Waals surface area contributed by atoms with Gasteiger partial charge in [-0.25, -0.2) is 0 Å². The fourth-order valence-corrected chi connectivity index (χ4v) is 7.97. The van der Waals surface area contributed by atoms with E-state index in [-0.39, 0.29) is 25.8 Å². The summed E-state index contributed by atoms with van der Waals surface area (Å²) in [4.78, 5) is 25.2. The second-order valence-electron chi connectivity index (χ2n) is 18.5. The zero-order chi connectivity index (χ0) is 44.1. The second kappa shape index (κ2) is 44.6. The van der Waals surface area contributed by atoms with Crippen molar-refractivity contribution < 1.29 is 37.3 Å². The van der Waals surface area contributed by atoms with Crippen LogP contribution in [0.5, 0.6) is 0 Å². The van der Waals surface area contributed by atoms with E-state index < -0.39 is 13.9 Å². The molecule has 0 N–H and O–H groups in total. The number of ether oxygens (including phenoxy) is 2. The molecular formula is C51H100NO7P. The Kier molecular flexibility index (Phi) is 43.8. The minimum absolute atomic E-state index is 0.0265. The van der Waals surface area contributed by atoms with E-state index >= 15 is 0 Å². The molecule has 9 heteroatoms. The van der Waals surface area contributed by atoms with E-state index in [1.54, 1.807) is 0 Å². The van der Waals surface area contributed by atoms with Crippen molar-refractivity contribution in [2.24, 2.45) is 0 Å². The van der Waals surface area contributed by atoms with Gasteiger partial charge in [0.15, 0.2) is 0 Å². The molecule has 0 aliphatic heterocycles. The second-order valence-corrected chi connectivity index (χ2v) is 19.9. The number of phosphoric ester groups is 1. The van der Waals surface area contributed by atoms with E-state index in [4.69, 9.17) is 18.5 Å². The number of rotatable bonds is 48. The molecule has 0 rings (SSSR count). The van der Waals surface area contributed by atoms with Crippen LogP contribution in [0.25, 0.3) is 0 Å². The molecule has 2 unspecified atom stereocenters. The topological polar surface area (TPSA) is 94.1 Å². The lowest BCUT2D eigenvalue weighted by atomic mass is 10.0. The average molecular weight is 870 g/mol. The molecule has 0 spiro atoms. The molecule has 2 atom stereocenters. The van der Waals surface area contributed by atoms with Crippen molar-refractivity contribution in [3.05, 3.63) is 24.3 Å². The predicted molar refractivity (Wildman–Crippen MR) is 254 cm³/mol. The van der Waals surface area contributed by atoms with E-state index in [0.29, 0.717) is 24.1 Å². The minimum atomic E-state index is -4.53. The van der Waals surface area contributed by atoms with Crippen molar-refractivity contribution in [2.75, 3.05) is 54.1 Å². The maximum atomic E-state index is 12.7. The van der Waals surface area contributed by atoms with Crippen LogP contribution >= 0.6 is 7.82 Å². The normalized spacial score (nSPS) is 13.8. The van der Waals surface area contributed by atoms with Gasteiger partial charge in [0.05, 0.1) is 34.4 Å². The zero-order valence-electron chi connectivity index (χ0n) is 40.4. The highest BCUT2D eigenvalue weighted by molar-refractivity contribution is 7.45. The smallest absolute Gasteiger partial charge is 0.306 e. The molecule has 0 amide bonds. The molecule has 0 heterocycles. The van der Waals surface area contributed by atoms with Crippen molar-refractivity contribution in [2.45, 2.75) is 245 Å². The Morgan fingerprint density at radius 3 is 1.27 bits per heavy atom. The Morgan fingerprint density at radius 1 is 0.500 bits per heavy atom. The number of likely N-dealkylation sites (N-methyl/N-ethyl adjacent to an activating group) is 1. The molecule has 0 radical (unpaired) electrons. The lowest BCUT2D eigenvalue weighted by Crippen LogP contribution is -2.37. The molecule has 0 saturated carbocycles. The summed E-state index contributed by atoms with van der Waals surface area (Å²) < 4.78 is 34.7. The first kappa shape index (κ1) is 59.0. The molecule has 8 nitrogen and oxygen atoms in total. The lowest BCUT2D eigenvalue weighted by molar-refractivity contribution is -0.870. The van der Waals surface area contributed by atoms with Crippen LogP contribution < -0.4 is 4.89 Å². The highest BCUT2D eigenvalue weighted by Crippen LogP contribution is 2.38. The Hall–Kier alpha value is -1.02. The van der Waals surface area contributed by atoms with Crippen LogP contribution in [0.15, 0.2) is 24.3 Å². The fraction of sp³-hybridized carbons (Fsp3) is 0.902. The van der Waals surface area contributed by atoms with Crippen LogP contribution in [0.1, 0.15) is 239 Å². The Labute approximate surface area is 373 Å². The number of phosphoric acid groups is 1.